The molecule has 0 saturated heterocycles. The van der Waals surface area contributed by atoms with Gasteiger partial charge in [-0.3, -0.25) is 0 Å². The maximum Gasteiger partial charge on any atom is 0.190 e. The van der Waals surface area contributed by atoms with E-state index in [0.29, 0.717) is 12.5 Å². The zero-order chi connectivity index (χ0) is 21.7. The molecular formula is C26H31Cl2NO. The Balaban J connectivity index is 1.93. The number of nitrogens with zero attached hydrogens (tertiary/aromatic N) is 1. The molecule has 0 fully saturated rings. The Hall–Kier alpha value is -1.77. The van der Waals surface area contributed by atoms with Crippen LogP contribution in [0, 0.1) is 11.3 Å². The van der Waals surface area contributed by atoms with Gasteiger partial charge in [-0.2, -0.15) is 0 Å². The molecule has 0 radical (unpaired) electrons. The van der Waals surface area contributed by atoms with Crippen molar-refractivity contribution in [2.45, 2.75) is 52.0 Å². The molecular weight excluding hydrogens is 413 g/mol. The van der Waals surface area contributed by atoms with Gasteiger partial charge >= 0.3 is 0 Å². The number of benzene rings is 2. The Labute approximate surface area is 191 Å². The molecule has 2 aromatic carbocycles. The highest BCUT2D eigenvalue weighted by molar-refractivity contribution is 6.30. The quantitative estimate of drug-likeness (QED) is 0.363. The second-order valence-corrected chi connectivity index (χ2v) is 9.77. The van der Waals surface area contributed by atoms with E-state index in [2.05, 4.69) is 51.6 Å². The molecule has 30 heavy (non-hydrogen) atoms. The lowest BCUT2D eigenvalue weighted by atomic mass is 9.74. The third-order valence-electron chi connectivity index (χ3n) is 5.97. The summed E-state index contributed by atoms with van der Waals surface area (Å²) in [5.41, 5.74) is 2.26. The SMILES string of the molecule is C=CC[C@@](C)(C[C@@H](Cc1ccc(Cl)cc1)c1cccc(Cl)c1)C1=N[C@@H](C(C)C)CO1. The van der Waals surface area contributed by atoms with Gasteiger partial charge < -0.3 is 4.74 Å². The lowest BCUT2D eigenvalue weighted by molar-refractivity contribution is 0.242. The summed E-state index contributed by atoms with van der Waals surface area (Å²) in [6, 6.07) is 16.5. The summed E-state index contributed by atoms with van der Waals surface area (Å²) in [6.07, 6.45) is 4.58. The molecule has 0 saturated carbocycles. The molecule has 0 unspecified atom stereocenters. The van der Waals surface area contributed by atoms with E-state index in [1.54, 1.807) is 0 Å². The van der Waals surface area contributed by atoms with Crippen LogP contribution in [0.2, 0.25) is 10.0 Å². The predicted octanol–water partition coefficient (Wildman–Crippen LogP) is 7.75. The summed E-state index contributed by atoms with van der Waals surface area (Å²) in [5, 5.41) is 1.51. The third-order valence-corrected chi connectivity index (χ3v) is 6.45. The summed E-state index contributed by atoms with van der Waals surface area (Å²) in [7, 11) is 0. The van der Waals surface area contributed by atoms with Gasteiger partial charge in [0.1, 0.15) is 6.61 Å². The predicted molar refractivity (Wildman–Crippen MR) is 129 cm³/mol. The highest BCUT2D eigenvalue weighted by atomic mass is 35.5. The summed E-state index contributed by atoms with van der Waals surface area (Å²) in [6.45, 7) is 11.3. The van der Waals surface area contributed by atoms with Crippen LogP contribution in [0.4, 0.5) is 0 Å². The van der Waals surface area contributed by atoms with Gasteiger partial charge in [0.05, 0.1) is 6.04 Å². The van der Waals surface area contributed by atoms with Crippen molar-refractivity contribution in [3.05, 3.63) is 82.4 Å². The van der Waals surface area contributed by atoms with Crippen LogP contribution in [0.1, 0.15) is 50.7 Å². The molecule has 0 bridgehead atoms. The first-order valence-corrected chi connectivity index (χ1v) is 11.4. The van der Waals surface area contributed by atoms with Crippen molar-refractivity contribution in [3.63, 3.8) is 0 Å². The average molecular weight is 444 g/mol. The molecule has 2 aromatic rings. The zero-order valence-corrected chi connectivity index (χ0v) is 19.6. The second kappa shape index (κ2) is 10.0. The number of hydrogen-bond donors (Lipinski definition) is 0. The van der Waals surface area contributed by atoms with Gasteiger partial charge in [-0.15, -0.1) is 6.58 Å². The number of aliphatic imine (C=N–C) groups is 1. The minimum absolute atomic E-state index is 0.217. The van der Waals surface area contributed by atoms with Gasteiger partial charge in [-0.05, 0) is 66.5 Å². The first kappa shape index (κ1) is 22.9. The van der Waals surface area contributed by atoms with Crippen LogP contribution in [0.15, 0.2) is 66.2 Å². The number of halogens is 2. The molecule has 160 valence electrons. The fraction of sp³-hybridized carbons (Fsp3) is 0.423. The first-order chi connectivity index (χ1) is 14.3. The number of allylic oxidation sites excluding steroid dienone is 1. The molecule has 3 rings (SSSR count). The molecule has 1 aliphatic heterocycles. The van der Waals surface area contributed by atoms with Gasteiger partial charge in [-0.1, -0.05) is 74.3 Å². The molecule has 2 nitrogen and oxygen atoms in total. The van der Waals surface area contributed by atoms with Gasteiger partial charge in [0.15, 0.2) is 5.90 Å². The van der Waals surface area contributed by atoms with E-state index in [1.165, 1.54) is 11.1 Å². The highest BCUT2D eigenvalue weighted by Crippen LogP contribution is 2.41. The molecule has 1 aliphatic rings. The summed E-state index contributed by atoms with van der Waals surface area (Å²) >= 11 is 12.4. The third kappa shape index (κ3) is 5.68. The van der Waals surface area contributed by atoms with Crippen molar-refractivity contribution < 1.29 is 4.74 Å². The Morgan fingerprint density at radius 3 is 2.50 bits per heavy atom. The standard InChI is InChI=1S/C26H31Cl2NO/c1-5-13-26(4,25-29-24(17-30-25)18(2)3)16-21(20-7-6-8-23(28)15-20)14-19-9-11-22(27)12-10-19/h5-12,15,18,21,24H,1,13-14,16-17H2,2-4H3/t21-,24-,26+/m1/s1. The van der Waals surface area contributed by atoms with Crippen molar-refractivity contribution in [3.8, 4) is 0 Å². The minimum Gasteiger partial charge on any atom is -0.478 e. The number of hydrogen-bond acceptors (Lipinski definition) is 2. The topological polar surface area (TPSA) is 21.6 Å². The van der Waals surface area contributed by atoms with E-state index >= 15 is 0 Å². The van der Waals surface area contributed by atoms with E-state index in [0.717, 1.165) is 35.2 Å². The molecule has 0 spiro atoms. The van der Waals surface area contributed by atoms with Gasteiger partial charge in [-0.25, -0.2) is 4.99 Å². The Kier molecular flexibility index (Phi) is 7.65. The van der Waals surface area contributed by atoms with E-state index in [1.807, 2.05) is 30.3 Å². The summed E-state index contributed by atoms with van der Waals surface area (Å²) in [4.78, 5) is 4.96. The summed E-state index contributed by atoms with van der Waals surface area (Å²) in [5.74, 6) is 1.59. The number of rotatable bonds is 9. The Morgan fingerprint density at radius 1 is 1.17 bits per heavy atom. The fourth-order valence-corrected chi connectivity index (χ4v) is 4.48. The van der Waals surface area contributed by atoms with Gasteiger partial charge in [0.2, 0.25) is 0 Å². The van der Waals surface area contributed by atoms with E-state index in [-0.39, 0.29) is 17.4 Å². The second-order valence-electron chi connectivity index (χ2n) is 8.90. The van der Waals surface area contributed by atoms with Gasteiger partial charge in [0, 0.05) is 15.5 Å². The van der Waals surface area contributed by atoms with Crippen LogP contribution < -0.4 is 0 Å². The molecule has 0 amide bonds. The van der Waals surface area contributed by atoms with Crippen molar-refractivity contribution >= 4 is 29.1 Å². The van der Waals surface area contributed by atoms with Crippen molar-refractivity contribution in [2.24, 2.45) is 16.3 Å². The maximum atomic E-state index is 6.34. The molecule has 1 heterocycles. The van der Waals surface area contributed by atoms with E-state index in [9.17, 15) is 0 Å². The summed E-state index contributed by atoms with van der Waals surface area (Å²) < 4.78 is 6.13. The van der Waals surface area contributed by atoms with Crippen LogP contribution in [0.25, 0.3) is 0 Å². The average Bonchev–Trinajstić information content (AvgIpc) is 3.21. The van der Waals surface area contributed by atoms with Crippen molar-refractivity contribution in [2.75, 3.05) is 6.61 Å². The maximum absolute atomic E-state index is 6.34. The monoisotopic (exact) mass is 443 g/mol. The van der Waals surface area contributed by atoms with Crippen LogP contribution in [-0.2, 0) is 11.2 Å². The smallest absolute Gasteiger partial charge is 0.190 e. The lowest BCUT2D eigenvalue weighted by Crippen LogP contribution is -2.30. The Bertz CT molecular complexity index is 890. The van der Waals surface area contributed by atoms with Crippen molar-refractivity contribution in [1.29, 1.82) is 0 Å². The normalized spacial score (nSPS) is 19.1. The highest BCUT2D eigenvalue weighted by Gasteiger charge is 2.38. The van der Waals surface area contributed by atoms with Crippen molar-refractivity contribution in [1.82, 2.24) is 0 Å². The fourth-order valence-electron chi connectivity index (χ4n) is 4.15. The molecule has 0 N–H and O–H groups in total. The van der Waals surface area contributed by atoms with Crippen LogP contribution in [0.3, 0.4) is 0 Å². The molecule has 3 atom stereocenters. The Morgan fingerprint density at radius 2 is 1.90 bits per heavy atom. The van der Waals surface area contributed by atoms with E-state index in [4.69, 9.17) is 32.9 Å². The number of ether oxygens (including phenoxy) is 1. The first-order valence-electron chi connectivity index (χ1n) is 10.6. The minimum atomic E-state index is -0.217. The molecule has 0 aliphatic carbocycles. The largest absolute Gasteiger partial charge is 0.478 e. The van der Waals surface area contributed by atoms with Crippen LogP contribution in [-0.4, -0.2) is 18.5 Å². The zero-order valence-electron chi connectivity index (χ0n) is 18.1. The van der Waals surface area contributed by atoms with Crippen LogP contribution in [0.5, 0.6) is 0 Å². The lowest BCUT2D eigenvalue weighted by Gasteiger charge is -2.32. The van der Waals surface area contributed by atoms with Crippen LogP contribution >= 0.6 is 23.2 Å². The molecule has 4 heteroatoms. The molecule has 0 aromatic heterocycles. The van der Waals surface area contributed by atoms with E-state index < -0.39 is 0 Å². The van der Waals surface area contributed by atoms with Gasteiger partial charge in [0.25, 0.3) is 0 Å².